The maximum Gasteiger partial charge on any atom is 0.280 e. The lowest BCUT2D eigenvalue weighted by molar-refractivity contribution is 0.158. The first-order valence-electron chi connectivity index (χ1n) is 5.75. The van der Waals surface area contributed by atoms with Crippen molar-refractivity contribution in [2.45, 2.75) is 10.6 Å². The van der Waals surface area contributed by atoms with Crippen molar-refractivity contribution >= 4 is 28.9 Å². The van der Waals surface area contributed by atoms with E-state index < -0.39 is 0 Å². The average Bonchev–Trinajstić information content (AvgIpc) is 2.73. The van der Waals surface area contributed by atoms with E-state index in [4.69, 9.17) is 10.8 Å². The van der Waals surface area contributed by atoms with Crippen LogP contribution < -0.4 is 11.3 Å². The number of aromatic amines is 1. The van der Waals surface area contributed by atoms with E-state index in [2.05, 4.69) is 15.0 Å². The number of nitrogen functional groups attached to an aromatic ring is 1. The topological polar surface area (TPSA) is 130 Å². The summed E-state index contributed by atoms with van der Waals surface area (Å²) in [5.74, 6) is -0.0578. The van der Waals surface area contributed by atoms with Crippen LogP contribution in [0.5, 0.6) is 0 Å². The quantitative estimate of drug-likeness (QED) is 0.563. The van der Waals surface area contributed by atoms with Gasteiger partial charge in [0, 0.05) is 17.8 Å². The van der Waals surface area contributed by atoms with Gasteiger partial charge in [0.2, 0.25) is 5.95 Å². The largest absolute Gasteiger partial charge is 0.396 e. The molecule has 0 aliphatic carbocycles. The molecule has 0 radical (unpaired) electrons. The maximum absolute atomic E-state index is 11.7. The molecule has 8 nitrogen and oxygen atoms in total. The molecule has 5 N–H and O–H groups in total. The van der Waals surface area contributed by atoms with Crippen molar-refractivity contribution in [1.29, 1.82) is 0 Å². The van der Waals surface area contributed by atoms with E-state index in [-0.39, 0.29) is 46.8 Å². The number of nitrogens with two attached hydrogens (primary N) is 1. The van der Waals surface area contributed by atoms with Gasteiger partial charge >= 0.3 is 0 Å². The third-order valence-corrected chi connectivity index (χ3v) is 4.98. The highest BCUT2D eigenvalue weighted by Crippen LogP contribution is 2.50. The SMILES string of the molecule is Nc1nc2c(ncn2[C@@H]2S[C@H](CO)[C@H]2CO)c(=O)[nH]1. The van der Waals surface area contributed by atoms with Gasteiger partial charge in [-0.1, -0.05) is 0 Å². The van der Waals surface area contributed by atoms with E-state index in [1.54, 1.807) is 4.57 Å². The molecule has 0 aromatic carbocycles. The number of thioether (sulfide) groups is 1. The number of aliphatic hydroxyl groups excluding tert-OH is 2. The summed E-state index contributed by atoms with van der Waals surface area (Å²) in [6.45, 7) is -0.0313. The average molecular weight is 283 g/mol. The molecule has 2 aromatic rings. The molecule has 0 unspecified atom stereocenters. The molecule has 3 rings (SSSR count). The molecule has 102 valence electrons. The van der Waals surface area contributed by atoms with Gasteiger partial charge in [-0.15, -0.1) is 11.8 Å². The van der Waals surface area contributed by atoms with Crippen molar-refractivity contribution in [3.63, 3.8) is 0 Å². The van der Waals surface area contributed by atoms with E-state index in [0.717, 1.165) is 0 Å². The van der Waals surface area contributed by atoms with Crippen LogP contribution in [0.15, 0.2) is 11.1 Å². The van der Waals surface area contributed by atoms with E-state index in [1.807, 2.05) is 0 Å². The molecule has 19 heavy (non-hydrogen) atoms. The predicted molar refractivity (Wildman–Crippen MR) is 70.6 cm³/mol. The van der Waals surface area contributed by atoms with Crippen LogP contribution in [0.1, 0.15) is 5.37 Å². The van der Waals surface area contributed by atoms with Gasteiger partial charge in [0.1, 0.15) is 0 Å². The number of nitrogens with one attached hydrogen (secondary N) is 1. The Hall–Kier alpha value is -1.58. The molecule has 1 aliphatic heterocycles. The second-order valence-corrected chi connectivity index (χ2v) is 5.73. The Morgan fingerprint density at radius 1 is 1.47 bits per heavy atom. The zero-order chi connectivity index (χ0) is 13.6. The molecule has 0 spiro atoms. The number of imidazole rings is 1. The monoisotopic (exact) mass is 283 g/mol. The van der Waals surface area contributed by atoms with Gasteiger partial charge in [-0.05, 0) is 0 Å². The van der Waals surface area contributed by atoms with E-state index in [9.17, 15) is 9.90 Å². The van der Waals surface area contributed by atoms with Crippen LogP contribution in [0.3, 0.4) is 0 Å². The molecule has 1 fully saturated rings. The lowest BCUT2D eigenvalue weighted by Gasteiger charge is -2.42. The summed E-state index contributed by atoms with van der Waals surface area (Å²) in [6.07, 6.45) is 1.51. The maximum atomic E-state index is 11.7. The summed E-state index contributed by atoms with van der Waals surface area (Å²) < 4.78 is 1.72. The second kappa shape index (κ2) is 4.51. The smallest absolute Gasteiger partial charge is 0.280 e. The third-order valence-electron chi connectivity index (χ3n) is 3.27. The molecule has 3 atom stereocenters. The van der Waals surface area contributed by atoms with E-state index >= 15 is 0 Å². The van der Waals surface area contributed by atoms with Crippen LogP contribution in [0, 0.1) is 5.92 Å². The van der Waals surface area contributed by atoms with Crippen LogP contribution in [0.4, 0.5) is 5.95 Å². The number of rotatable bonds is 3. The van der Waals surface area contributed by atoms with Crippen molar-refractivity contribution in [2.75, 3.05) is 18.9 Å². The normalized spacial score (nSPS) is 26.5. The summed E-state index contributed by atoms with van der Waals surface area (Å²) in [5.41, 5.74) is 5.76. The Morgan fingerprint density at radius 2 is 2.26 bits per heavy atom. The minimum Gasteiger partial charge on any atom is -0.396 e. The van der Waals surface area contributed by atoms with Gasteiger partial charge in [0.25, 0.3) is 5.56 Å². The summed E-state index contributed by atoms with van der Waals surface area (Å²) in [4.78, 5) is 22.2. The summed E-state index contributed by atoms with van der Waals surface area (Å²) in [7, 11) is 0. The number of nitrogens with zero attached hydrogens (tertiary/aromatic N) is 3. The number of hydrogen-bond acceptors (Lipinski definition) is 7. The van der Waals surface area contributed by atoms with Crippen LogP contribution in [-0.4, -0.2) is 48.2 Å². The van der Waals surface area contributed by atoms with Gasteiger partial charge in [0.15, 0.2) is 11.2 Å². The molecule has 1 aliphatic rings. The number of fused-ring (bicyclic) bond motifs is 1. The Kier molecular flexibility index (Phi) is 2.96. The molecule has 1 saturated heterocycles. The number of aromatic nitrogens is 4. The third kappa shape index (κ3) is 1.81. The van der Waals surface area contributed by atoms with Crippen LogP contribution >= 0.6 is 11.8 Å². The van der Waals surface area contributed by atoms with Crippen molar-refractivity contribution in [2.24, 2.45) is 5.92 Å². The molecule has 0 amide bonds. The van der Waals surface area contributed by atoms with E-state index in [1.165, 1.54) is 18.1 Å². The Bertz CT molecular complexity index is 669. The first kappa shape index (κ1) is 12.5. The number of aliphatic hydroxyl groups is 2. The first-order valence-corrected chi connectivity index (χ1v) is 6.69. The van der Waals surface area contributed by atoms with Gasteiger partial charge in [-0.3, -0.25) is 9.78 Å². The van der Waals surface area contributed by atoms with Crippen molar-refractivity contribution in [3.8, 4) is 0 Å². The lowest BCUT2D eigenvalue weighted by Crippen LogP contribution is -2.41. The minimum atomic E-state index is -0.384. The Balaban J connectivity index is 2.05. The molecule has 3 heterocycles. The summed E-state index contributed by atoms with van der Waals surface area (Å²) >= 11 is 1.51. The van der Waals surface area contributed by atoms with Crippen molar-refractivity contribution in [1.82, 2.24) is 19.5 Å². The Morgan fingerprint density at radius 3 is 2.95 bits per heavy atom. The number of hydrogen-bond donors (Lipinski definition) is 4. The van der Waals surface area contributed by atoms with Crippen molar-refractivity contribution < 1.29 is 10.2 Å². The fourth-order valence-corrected chi connectivity index (χ4v) is 3.63. The number of anilines is 1. The molecular weight excluding hydrogens is 270 g/mol. The van der Waals surface area contributed by atoms with E-state index in [0.29, 0.717) is 5.65 Å². The highest BCUT2D eigenvalue weighted by Gasteiger charge is 2.43. The van der Waals surface area contributed by atoms with Gasteiger partial charge in [-0.2, -0.15) is 4.98 Å². The highest BCUT2D eigenvalue weighted by atomic mass is 32.2. The lowest BCUT2D eigenvalue weighted by atomic mass is 10.0. The summed E-state index contributed by atoms with van der Waals surface area (Å²) in [5, 5.41) is 18.4. The fraction of sp³-hybridized carbons (Fsp3) is 0.500. The summed E-state index contributed by atoms with van der Waals surface area (Å²) in [6, 6.07) is 0. The highest BCUT2D eigenvalue weighted by molar-refractivity contribution is 8.01. The molecular formula is C10H13N5O3S. The van der Waals surface area contributed by atoms with Gasteiger partial charge in [0.05, 0.1) is 18.3 Å². The number of H-pyrrole nitrogens is 1. The predicted octanol–water partition coefficient (Wildman–Crippen LogP) is -1.08. The minimum absolute atomic E-state index is 0.00760. The fourth-order valence-electron chi connectivity index (χ4n) is 2.26. The molecule has 0 bridgehead atoms. The molecule has 9 heteroatoms. The van der Waals surface area contributed by atoms with Crippen LogP contribution in [-0.2, 0) is 0 Å². The first-order chi connectivity index (χ1) is 9.15. The molecule has 2 aromatic heterocycles. The zero-order valence-corrected chi connectivity index (χ0v) is 10.7. The van der Waals surface area contributed by atoms with Gasteiger partial charge < -0.3 is 20.5 Å². The standard InChI is InChI=1S/C10H13N5O3S/c11-10-13-7-6(8(18)14-10)12-3-15(7)9-4(1-16)5(2-17)19-9/h3-5,9,16-17H,1-2H2,(H3,11,13,14,18)/t4-,5-,9-/m1/s1. The molecule has 0 saturated carbocycles. The van der Waals surface area contributed by atoms with Crippen LogP contribution in [0.2, 0.25) is 0 Å². The zero-order valence-electron chi connectivity index (χ0n) is 9.85. The van der Waals surface area contributed by atoms with Crippen LogP contribution in [0.25, 0.3) is 11.2 Å². The Labute approximate surface area is 111 Å². The second-order valence-electron chi connectivity index (χ2n) is 4.37. The van der Waals surface area contributed by atoms with Gasteiger partial charge in [-0.25, -0.2) is 4.98 Å². The van der Waals surface area contributed by atoms with Crippen molar-refractivity contribution in [3.05, 3.63) is 16.7 Å².